The van der Waals surface area contributed by atoms with Crippen LogP contribution in [0.2, 0.25) is 0 Å². The Kier molecular flexibility index (Phi) is 3.48. The van der Waals surface area contributed by atoms with Crippen LogP contribution in [-0.2, 0) is 6.54 Å². The predicted molar refractivity (Wildman–Crippen MR) is 63.9 cm³/mol. The summed E-state index contributed by atoms with van der Waals surface area (Å²) in [6.45, 7) is 0.507. The molecule has 0 aliphatic rings. The maximum atomic E-state index is 8.61. The molecule has 0 aromatic carbocycles. The van der Waals surface area contributed by atoms with Gasteiger partial charge in [-0.25, -0.2) is 0 Å². The van der Waals surface area contributed by atoms with E-state index < -0.39 is 0 Å². The fourth-order valence-corrected chi connectivity index (χ4v) is 1.34. The summed E-state index contributed by atoms with van der Waals surface area (Å²) in [5.74, 6) is 1.79. The van der Waals surface area contributed by atoms with Crippen molar-refractivity contribution in [2.45, 2.75) is 6.54 Å². The number of hydrogen-bond acceptors (Lipinski definition) is 5. The molecule has 0 fully saturated rings. The van der Waals surface area contributed by atoms with Crippen molar-refractivity contribution in [2.24, 2.45) is 0 Å². The number of rotatable bonds is 4. The van der Waals surface area contributed by atoms with Crippen molar-refractivity contribution < 1.29 is 8.83 Å². The second kappa shape index (κ2) is 5.42. The van der Waals surface area contributed by atoms with Gasteiger partial charge < -0.3 is 14.2 Å². The molecular formula is C13H9N3O2. The molecule has 0 atom stereocenters. The molecule has 2 aromatic rings. The van der Waals surface area contributed by atoms with E-state index in [9.17, 15) is 0 Å². The zero-order valence-electron chi connectivity index (χ0n) is 9.38. The first-order chi connectivity index (χ1) is 8.81. The highest BCUT2D eigenvalue weighted by molar-refractivity contribution is 5.59. The van der Waals surface area contributed by atoms with Crippen LogP contribution in [0.15, 0.2) is 44.9 Å². The average molecular weight is 239 g/mol. The lowest BCUT2D eigenvalue weighted by atomic mass is 10.3. The van der Waals surface area contributed by atoms with Gasteiger partial charge in [-0.2, -0.15) is 10.5 Å². The van der Waals surface area contributed by atoms with E-state index in [4.69, 9.17) is 19.4 Å². The molecule has 2 rings (SSSR count). The zero-order chi connectivity index (χ0) is 12.8. The van der Waals surface area contributed by atoms with Crippen molar-refractivity contribution >= 4 is 12.0 Å². The first kappa shape index (κ1) is 11.6. The van der Waals surface area contributed by atoms with Gasteiger partial charge >= 0.3 is 0 Å². The molecule has 2 aromatic heterocycles. The van der Waals surface area contributed by atoms with Crippen molar-refractivity contribution in [1.29, 1.82) is 10.5 Å². The highest BCUT2D eigenvalue weighted by Crippen LogP contribution is 2.17. The van der Waals surface area contributed by atoms with Gasteiger partial charge in [-0.3, -0.25) is 0 Å². The van der Waals surface area contributed by atoms with Crippen LogP contribution in [0, 0.1) is 22.7 Å². The maximum absolute atomic E-state index is 8.61. The van der Waals surface area contributed by atoms with Crippen LogP contribution >= 0.6 is 0 Å². The number of allylic oxidation sites excluding steroid dienone is 1. The van der Waals surface area contributed by atoms with E-state index in [1.54, 1.807) is 36.6 Å². The standard InChI is InChI=1S/C13H9N3O2/c14-7-10(8-15)6-11-3-4-13(18-11)16-9-12-2-1-5-17-12/h1-6,16H,9H2. The van der Waals surface area contributed by atoms with Gasteiger partial charge in [-0.05, 0) is 18.2 Å². The van der Waals surface area contributed by atoms with Gasteiger partial charge in [-0.15, -0.1) is 0 Å². The second-order valence-corrected chi connectivity index (χ2v) is 3.42. The van der Waals surface area contributed by atoms with Gasteiger partial charge in [-0.1, -0.05) is 0 Å². The van der Waals surface area contributed by atoms with Gasteiger partial charge in [0.1, 0.15) is 29.2 Å². The molecule has 18 heavy (non-hydrogen) atoms. The first-order valence-corrected chi connectivity index (χ1v) is 5.20. The number of furan rings is 2. The molecule has 0 unspecified atom stereocenters. The van der Waals surface area contributed by atoms with Gasteiger partial charge in [0, 0.05) is 12.1 Å². The smallest absolute Gasteiger partial charge is 0.193 e. The largest absolute Gasteiger partial charge is 0.467 e. The zero-order valence-corrected chi connectivity index (χ0v) is 9.38. The maximum Gasteiger partial charge on any atom is 0.193 e. The Morgan fingerprint density at radius 1 is 1.28 bits per heavy atom. The Hall–Kier alpha value is -2.92. The van der Waals surface area contributed by atoms with Crippen molar-refractivity contribution in [3.05, 3.63) is 47.6 Å². The molecule has 88 valence electrons. The van der Waals surface area contributed by atoms with Crippen molar-refractivity contribution in [2.75, 3.05) is 5.32 Å². The van der Waals surface area contributed by atoms with Crippen LogP contribution in [0.3, 0.4) is 0 Å². The van der Waals surface area contributed by atoms with E-state index in [0.717, 1.165) is 5.76 Å². The fourth-order valence-electron chi connectivity index (χ4n) is 1.34. The molecule has 2 heterocycles. The van der Waals surface area contributed by atoms with E-state index in [2.05, 4.69) is 5.32 Å². The second-order valence-electron chi connectivity index (χ2n) is 3.42. The number of hydrogen-bond donors (Lipinski definition) is 1. The van der Waals surface area contributed by atoms with Gasteiger partial charge in [0.2, 0.25) is 0 Å². The van der Waals surface area contributed by atoms with E-state index in [1.807, 2.05) is 6.07 Å². The SMILES string of the molecule is N#CC(C#N)=Cc1ccc(NCc2ccco2)o1. The van der Waals surface area contributed by atoms with Crippen LogP contribution < -0.4 is 5.32 Å². The molecule has 5 nitrogen and oxygen atoms in total. The van der Waals surface area contributed by atoms with Gasteiger partial charge in [0.25, 0.3) is 0 Å². The molecule has 1 N–H and O–H groups in total. The summed E-state index contributed by atoms with van der Waals surface area (Å²) in [6, 6.07) is 10.6. The normalized spacial score (nSPS) is 9.22. The Bertz CT molecular complexity index is 608. The number of nitrogens with one attached hydrogen (secondary N) is 1. The Morgan fingerprint density at radius 2 is 2.11 bits per heavy atom. The monoisotopic (exact) mass is 239 g/mol. The number of nitriles is 2. The molecule has 0 aliphatic heterocycles. The Morgan fingerprint density at radius 3 is 2.78 bits per heavy atom. The third-order valence-corrected chi connectivity index (χ3v) is 2.17. The third-order valence-electron chi connectivity index (χ3n) is 2.17. The highest BCUT2D eigenvalue weighted by Gasteiger charge is 2.02. The summed E-state index contributed by atoms with van der Waals surface area (Å²) >= 11 is 0. The molecule has 0 saturated heterocycles. The number of anilines is 1. The lowest BCUT2D eigenvalue weighted by molar-refractivity contribution is 0.510. The molecule has 0 radical (unpaired) electrons. The van der Waals surface area contributed by atoms with Gasteiger partial charge in [0.15, 0.2) is 5.88 Å². The summed E-state index contributed by atoms with van der Waals surface area (Å²) in [7, 11) is 0. The number of nitrogens with zero attached hydrogens (tertiary/aromatic N) is 2. The quantitative estimate of drug-likeness (QED) is 0.829. The van der Waals surface area contributed by atoms with Crippen LogP contribution in [0.5, 0.6) is 0 Å². The van der Waals surface area contributed by atoms with E-state index in [1.165, 1.54) is 6.08 Å². The summed E-state index contributed by atoms with van der Waals surface area (Å²) in [4.78, 5) is 0. The Labute approximate surface area is 104 Å². The first-order valence-electron chi connectivity index (χ1n) is 5.20. The average Bonchev–Trinajstić information content (AvgIpc) is 3.05. The topological polar surface area (TPSA) is 85.9 Å². The van der Waals surface area contributed by atoms with E-state index in [-0.39, 0.29) is 5.57 Å². The molecular weight excluding hydrogens is 230 g/mol. The van der Waals surface area contributed by atoms with Crippen molar-refractivity contribution in [3.8, 4) is 12.1 Å². The fraction of sp³-hybridized carbons (Fsp3) is 0.0769. The predicted octanol–water partition coefficient (Wildman–Crippen LogP) is 2.92. The van der Waals surface area contributed by atoms with Crippen molar-refractivity contribution in [3.63, 3.8) is 0 Å². The van der Waals surface area contributed by atoms with E-state index >= 15 is 0 Å². The van der Waals surface area contributed by atoms with Crippen LogP contribution in [-0.4, -0.2) is 0 Å². The Balaban J connectivity index is 2.01. The summed E-state index contributed by atoms with van der Waals surface area (Å²) in [6.07, 6.45) is 2.98. The molecule has 5 heteroatoms. The molecule has 0 spiro atoms. The van der Waals surface area contributed by atoms with Crippen LogP contribution in [0.25, 0.3) is 6.08 Å². The molecule has 0 saturated carbocycles. The summed E-state index contributed by atoms with van der Waals surface area (Å²) < 4.78 is 10.5. The lowest BCUT2D eigenvalue weighted by Crippen LogP contribution is -1.95. The van der Waals surface area contributed by atoms with Gasteiger partial charge in [0.05, 0.1) is 12.8 Å². The van der Waals surface area contributed by atoms with Crippen LogP contribution in [0.1, 0.15) is 11.5 Å². The molecule has 0 aliphatic carbocycles. The van der Waals surface area contributed by atoms with E-state index in [0.29, 0.717) is 18.2 Å². The molecule has 0 bridgehead atoms. The van der Waals surface area contributed by atoms with Crippen LogP contribution in [0.4, 0.5) is 5.88 Å². The lowest BCUT2D eigenvalue weighted by Gasteiger charge is -1.98. The van der Waals surface area contributed by atoms with Crippen molar-refractivity contribution in [1.82, 2.24) is 0 Å². The minimum atomic E-state index is 0.00179. The molecule has 0 amide bonds. The highest BCUT2D eigenvalue weighted by atomic mass is 16.4. The summed E-state index contributed by atoms with van der Waals surface area (Å²) in [5, 5.41) is 20.2. The third kappa shape index (κ3) is 2.81. The minimum Gasteiger partial charge on any atom is -0.467 e. The summed E-state index contributed by atoms with van der Waals surface area (Å²) in [5.41, 5.74) is 0.00179. The minimum absolute atomic E-state index is 0.00179.